The van der Waals surface area contributed by atoms with Gasteiger partial charge in [-0.1, -0.05) is 37.7 Å². The molecule has 0 saturated carbocycles. The molecule has 0 saturated heterocycles. The number of ether oxygens (including phenoxy) is 1. The van der Waals surface area contributed by atoms with E-state index in [1.807, 2.05) is 24.3 Å². The van der Waals surface area contributed by atoms with E-state index in [0.717, 1.165) is 11.3 Å². The molecule has 0 radical (unpaired) electrons. The van der Waals surface area contributed by atoms with Crippen LogP contribution < -0.4 is 15.4 Å². The molecular formula is C18H22N4O3S. The minimum atomic E-state index is -0.126. The number of aromatic nitrogens is 2. The van der Waals surface area contributed by atoms with E-state index < -0.39 is 0 Å². The number of methoxy groups -OCH3 is 1. The summed E-state index contributed by atoms with van der Waals surface area (Å²) < 4.78 is 5.16. The molecule has 0 aliphatic carbocycles. The number of carbonyl (C=O) groups is 2. The molecular weight excluding hydrogens is 352 g/mol. The number of nitrogens with zero attached hydrogens (tertiary/aromatic N) is 2. The summed E-state index contributed by atoms with van der Waals surface area (Å²) in [6.45, 7) is 4.04. The number of nitrogens with one attached hydrogen (secondary N) is 2. The van der Waals surface area contributed by atoms with E-state index in [1.54, 1.807) is 33.1 Å². The van der Waals surface area contributed by atoms with E-state index in [4.69, 9.17) is 4.74 Å². The first-order valence-corrected chi connectivity index (χ1v) is 9.13. The predicted molar refractivity (Wildman–Crippen MR) is 101 cm³/mol. The fourth-order valence-corrected chi connectivity index (χ4v) is 2.55. The molecule has 7 nitrogen and oxygen atoms in total. The Bertz CT molecular complexity index is 750. The summed E-state index contributed by atoms with van der Waals surface area (Å²) in [7, 11) is 1.61. The number of thioether (sulfide) groups is 1. The minimum absolute atomic E-state index is 0.100. The molecule has 1 aromatic heterocycles. The largest absolute Gasteiger partial charge is 0.497 e. The number of rotatable bonds is 8. The zero-order chi connectivity index (χ0) is 18.9. The maximum absolute atomic E-state index is 12.0. The van der Waals surface area contributed by atoms with Gasteiger partial charge in [-0.15, -0.1) is 10.2 Å². The maximum Gasteiger partial charge on any atom is 0.230 e. The van der Waals surface area contributed by atoms with Crippen molar-refractivity contribution in [3.63, 3.8) is 0 Å². The van der Waals surface area contributed by atoms with Crippen LogP contribution in [0.3, 0.4) is 0 Å². The Hall–Kier alpha value is -2.61. The van der Waals surface area contributed by atoms with Gasteiger partial charge < -0.3 is 15.4 Å². The molecule has 0 aliphatic rings. The zero-order valence-electron chi connectivity index (χ0n) is 15.0. The van der Waals surface area contributed by atoms with Gasteiger partial charge in [0.15, 0.2) is 5.82 Å². The summed E-state index contributed by atoms with van der Waals surface area (Å²) >= 11 is 1.28. The van der Waals surface area contributed by atoms with Crippen LogP contribution in [0.1, 0.15) is 19.4 Å². The highest BCUT2D eigenvalue weighted by Crippen LogP contribution is 2.16. The predicted octanol–water partition coefficient (Wildman–Crippen LogP) is 2.49. The van der Waals surface area contributed by atoms with Crippen LogP contribution in [0, 0.1) is 5.92 Å². The lowest BCUT2D eigenvalue weighted by Crippen LogP contribution is -2.24. The molecule has 0 unspecified atom stereocenters. The van der Waals surface area contributed by atoms with Crippen LogP contribution in [0.2, 0.25) is 0 Å². The Morgan fingerprint density at radius 2 is 2.00 bits per heavy atom. The third-order valence-electron chi connectivity index (χ3n) is 3.39. The number of carbonyl (C=O) groups excluding carboxylic acids is 2. The molecule has 1 aromatic carbocycles. The molecule has 26 heavy (non-hydrogen) atoms. The highest BCUT2D eigenvalue weighted by Gasteiger charge is 2.09. The van der Waals surface area contributed by atoms with Crippen molar-refractivity contribution in [2.75, 3.05) is 18.2 Å². The minimum Gasteiger partial charge on any atom is -0.497 e. The molecule has 2 rings (SSSR count). The van der Waals surface area contributed by atoms with Crippen molar-refractivity contribution in [3.05, 3.63) is 42.0 Å². The Balaban J connectivity index is 1.77. The van der Waals surface area contributed by atoms with Crippen LogP contribution in [-0.2, 0) is 16.1 Å². The Kier molecular flexibility index (Phi) is 7.40. The first kappa shape index (κ1) is 19.7. The van der Waals surface area contributed by atoms with Crippen molar-refractivity contribution < 1.29 is 14.3 Å². The van der Waals surface area contributed by atoms with Crippen LogP contribution in [0.4, 0.5) is 5.82 Å². The fraction of sp³-hybridized carbons (Fsp3) is 0.333. The van der Waals surface area contributed by atoms with Crippen LogP contribution >= 0.6 is 11.8 Å². The highest BCUT2D eigenvalue weighted by molar-refractivity contribution is 7.99. The zero-order valence-corrected chi connectivity index (χ0v) is 15.8. The first-order chi connectivity index (χ1) is 12.5. The summed E-state index contributed by atoms with van der Waals surface area (Å²) in [6, 6.07) is 10.9. The maximum atomic E-state index is 12.0. The number of hydrogen-bond acceptors (Lipinski definition) is 6. The lowest BCUT2D eigenvalue weighted by atomic mass is 10.2. The van der Waals surface area contributed by atoms with Crippen molar-refractivity contribution in [3.8, 4) is 5.75 Å². The lowest BCUT2D eigenvalue weighted by Gasteiger charge is -2.07. The van der Waals surface area contributed by atoms with Gasteiger partial charge in [0.05, 0.1) is 12.9 Å². The summed E-state index contributed by atoms with van der Waals surface area (Å²) in [5, 5.41) is 14.1. The average molecular weight is 374 g/mol. The standard InChI is InChI=1S/C18H22N4O3S/c1-12(2)18(24)20-15-7-8-17(22-21-15)26-11-16(23)19-10-13-5-4-6-14(9-13)25-3/h4-9,12H,10-11H2,1-3H3,(H,19,23)(H,20,21,24). The lowest BCUT2D eigenvalue weighted by molar-refractivity contribution is -0.119. The molecule has 2 aromatic rings. The summed E-state index contributed by atoms with van der Waals surface area (Å²) in [4.78, 5) is 23.6. The first-order valence-electron chi connectivity index (χ1n) is 8.15. The second kappa shape index (κ2) is 9.76. The summed E-state index contributed by atoms with van der Waals surface area (Å²) in [5.74, 6) is 1.05. The number of amides is 2. The molecule has 0 aliphatic heterocycles. The van der Waals surface area contributed by atoms with Crippen molar-refractivity contribution in [2.45, 2.75) is 25.4 Å². The smallest absolute Gasteiger partial charge is 0.230 e. The summed E-state index contributed by atoms with van der Waals surface area (Å²) in [5.41, 5.74) is 0.965. The number of hydrogen-bond donors (Lipinski definition) is 2. The van der Waals surface area contributed by atoms with Gasteiger partial charge in [-0.25, -0.2) is 0 Å². The van der Waals surface area contributed by atoms with Gasteiger partial charge >= 0.3 is 0 Å². The van der Waals surface area contributed by atoms with E-state index in [-0.39, 0.29) is 23.5 Å². The van der Waals surface area contributed by atoms with Crippen LogP contribution in [0.5, 0.6) is 5.75 Å². The van der Waals surface area contributed by atoms with E-state index in [9.17, 15) is 9.59 Å². The topological polar surface area (TPSA) is 93.2 Å². The van der Waals surface area contributed by atoms with Gasteiger partial charge in [-0.3, -0.25) is 9.59 Å². The molecule has 138 valence electrons. The molecule has 0 spiro atoms. The molecule has 0 atom stereocenters. The van der Waals surface area contributed by atoms with Crippen molar-refractivity contribution in [1.29, 1.82) is 0 Å². The fourth-order valence-electron chi connectivity index (χ4n) is 1.91. The second-order valence-corrected chi connectivity index (χ2v) is 6.81. The van der Waals surface area contributed by atoms with Crippen LogP contribution in [0.25, 0.3) is 0 Å². The van der Waals surface area contributed by atoms with Crippen molar-refractivity contribution >= 4 is 29.4 Å². The number of anilines is 1. The molecule has 2 amide bonds. The molecule has 0 bridgehead atoms. The van der Waals surface area contributed by atoms with Gasteiger partial charge in [0.25, 0.3) is 0 Å². The Morgan fingerprint density at radius 1 is 1.19 bits per heavy atom. The Labute approximate surface area is 156 Å². The SMILES string of the molecule is COc1cccc(CNC(=O)CSc2ccc(NC(=O)C(C)C)nn2)c1. The molecule has 8 heteroatoms. The van der Waals surface area contributed by atoms with E-state index in [0.29, 0.717) is 17.4 Å². The summed E-state index contributed by atoms with van der Waals surface area (Å²) in [6.07, 6.45) is 0. The van der Waals surface area contributed by atoms with Gasteiger partial charge in [0, 0.05) is 12.5 Å². The van der Waals surface area contributed by atoms with Gasteiger partial charge in [-0.05, 0) is 29.8 Å². The van der Waals surface area contributed by atoms with Gasteiger partial charge in [0.1, 0.15) is 10.8 Å². The highest BCUT2D eigenvalue weighted by atomic mass is 32.2. The van der Waals surface area contributed by atoms with E-state index >= 15 is 0 Å². The monoisotopic (exact) mass is 374 g/mol. The third-order valence-corrected chi connectivity index (χ3v) is 4.31. The molecule has 0 fully saturated rings. The van der Waals surface area contributed by atoms with E-state index in [1.165, 1.54) is 11.8 Å². The number of benzene rings is 1. The second-order valence-electron chi connectivity index (χ2n) is 5.82. The van der Waals surface area contributed by atoms with Crippen LogP contribution in [-0.4, -0.2) is 34.9 Å². The van der Waals surface area contributed by atoms with Gasteiger partial charge in [-0.2, -0.15) is 0 Å². The quantitative estimate of drug-likeness (QED) is 0.690. The Morgan fingerprint density at radius 3 is 2.65 bits per heavy atom. The van der Waals surface area contributed by atoms with Crippen LogP contribution in [0.15, 0.2) is 41.4 Å². The van der Waals surface area contributed by atoms with Gasteiger partial charge in [0.2, 0.25) is 11.8 Å². The average Bonchev–Trinajstić information content (AvgIpc) is 2.65. The third kappa shape index (κ3) is 6.36. The van der Waals surface area contributed by atoms with Crippen molar-refractivity contribution in [2.24, 2.45) is 5.92 Å². The molecule has 1 heterocycles. The molecule has 2 N–H and O–H groups in total. The van der Waals surface area contributed by atoms with Crippen molar-refractivity contribution in [1.82, 2.24) is 15.5 Å². The normalized spacial score (nSPS) is 10.5. The van der Waals surface area contributed by atoms with E-state index in [2.05, 4.69) is 20.8 Å².